The minimum Gasteiger partial charge on any atom is -0.284 e. The van der Waals surface area contributed by atoms with E-state index in [2.05, 4.69) is 4.72 Å². The van der Waals surface area contributed by atoms with Crippen LogP contribution in [0.1, 0.15) is 11.1 Å². The van der Waals surface area contributed by atoms with E-state index in [1.807, 2.05) is 26.0 Å². The summed E-state index contributed by atoms with van der Waals surface area (Å²) in [7, 11) is -3.72. The Hall–Kier alpha value is -2.60. The lowest BCUT2D eigenvalue weighted by Gasteiger charge is -2.09. The zero-order valence-corrected chi connectivity index (χ0v) is 13.6. The summed E-state index contributed by atoms with van der Waals surface area (Å²) in [4.78, 5) is 0.178. The molecule has 0 aliphatic rings. The Morgan fingerprint density at radius 2 is 1.70 bits per heavy atom. The molecule has 118 valence electrons. The molecule has 0 atom stereocenters. The minimum absolute atomic E-state index is 0.178. The van der Waals surface area contributed by atoms with Crippen molar-refractivity contribution in [1.82, 2.24) is 0 Å². The standard InChI is InChI=1S/C17H17N2O3S/c1-12-6-8-15(9-7-12)23(21,22)18-16-5-3-4-14-10-13(2)11-19(20)17(14)16/h3-11,18,20H,1-2H3/q+1. The summed E-state index contributed by atoms with van der Waals surface area (Å²) in [5.74, 6) is 0. The fraction of sp³-hybridized carbons (Fsp3) is 0.118. The molecule has 1 heterocycles. The maximum Gasteiger partial charge on any atom is 0.288 e. The van der Waals surface area contributed by atoms with Crippen LogP contribution in [0.25, 0.3) is 10.9 Å². The molecule has 0 fully saturated rings. The summed E-state index contributed by atoms with van der Waals surface area (Å²) in [6.07, 6.45) is 1.53. The predicted molar refractivity (Wildman–Crippen MR) is 88.1 cm³/mol. The van der Waals surface area contributed by atoms with E-state index in [0.717, 1.165) is 21.2 Å². The van der Waals surface area contributed by atoms with E-state index >= 15 is 0 Å². The third-order valence-corrected chi connectivity index (χ3v) is 4.96. The first-order valence-electron chi connectivity index (χ1n) is 7.10. The second kappa shape index (κ2) is 5.55. The van der Waals surface area contributed by atoms with Gasteiger partial charge in [0.2, 0.25) is 6.20 Å². The van der Waals surface area contributed by atoms with Crippen molar-refractivity contribution in [3.63, 3.8) is 0 Å². The Kier molecular flexibility index (Phi) is 3.69. The van der Waals surface area contributed by atoms with Gasteiger partial charge in [-0.3, -0.25) is 9.93 Å². The van der Waals surface area contributed by atoms with Crippen LogP contribution >= 0.6 is 0 Å². The average molecular weight is 329 g/mol. The van der Waals surface area contributed by atoms with Gasteiger partial charge in [-0.15, -0.1) is 0 Å². The van der Waals surface area contributed by atoms with E-state index in [1.54, 1.807) is 36.4 Å². The number of aryl methyl sites for hydroxylation is 2. The zero-order chi connectivity index (χ0) is 16.6. The Morgan fingerprint density at radius 1 is 1.00 bits per heavy atom. The number of para-hydroxylation sites is 1. The van der Waals surface area contributed by atoms with Crippen LogP contribution in [-0.4, -0.2) is 13.6 Å². The monoisotopic (exact) mass is 329 g/mol. The molecule has 0 bridgehead atoms. The second-order valence-corrected chi connectivity index (χ2v) is 7.21. The van der Waals surface area contributed by atoms with Gasteiger partial charge in [0.05, 0.1) is 10.3 Å². The molecule has 0 unspecified atom stereocenters. The van der Waals surface area contributed by atoms with E-state index in [1.165, 1.54) is 6.20 Å². The van der Waals surface area contributed by atoms with Crippen molar-refractivity contribution >= 4 is 26.6 Å². The summed E-state index contributed by atoms with van der Waals surface area (Å²) in [5, 5.41) is 10.9. The maximum absolute atomic E-state index is 12.5. The van der Waals surface area contributed by atoms with Crippen molar-refractivity contribution in [3.8, 4) is 0 Å². The Bertz CT molecular complexity index is 981. The van der Waals surface area contributed by atoms with Crippen molar-refractivity contribution in [2.24, 2.45) is 0 Å². The average Bonchev–Trinajstić information content (AvgIpc) is 2.46. The number of nitrogens with one attached hydrogen (secondary N) is 1. The number of pyridine rings is 1. The Morgan fingerprint density at radius 3 is 2.39 bits per heavy atom. The highest BCUT2D eigenvalue weighted by atomic mass is 32.2. The molecule has 3 aromatic rings. The number of anilines is 1. The lowest BCUT2D eigenvalue weighted by molar-refractivity contribution is -0.884. The molecule has 2 aromatic carbocycles. The van der Waals surface area contributed by atoms with Gasteiger partial charge < -0.3 is 0 Å². The van der Waals surface area contributed by atoms with Crippen LogP contribution in [0.5, 0.6) is 0 Å². The zero-order valence-electron chi connectivity index (χ0n) is 12.8. The van der Waals surface area contributed by atoms with Gasteiger partial charge in [-0.1, -0.05) is 23.8 Å². The highest BCUT2D eigenvalue weighted by molar-refractivity contribution is 7.92. The van der Waals surface area contributed by atoms with E-state index in [4.69, 9.17) is 0 Å². The third-order valence-electron chi connectivity index (χ3n) is 3.58. The van der Waals surface area contributed by atoms with Crippen LogP contribution in [0, 0.1) is 13.8 Å². The van der Waals surface area contributed by atoms with Gasteiger partial charge in [-0.2, -0.15) is 0 Å². The van der Waals surface area contributed by atoms with Gasteiger partial charge in [-0.05, 0) is 44.2 Å². The first-order chi connectivity index (χ1) is 10.9. The molecular formula is C17H17N2O3S+. The second-order valence-electron chi connectivity index (χ2n) is 5.52. The van der Waals surface area contributed by atoms with Crippen molar-refractivity contribution in [1.29, 1.82) is 0 Å². The van der Waals surface area contributed by atoms with Crippen LogP contribution in [0.2, 0.25) is 0 Å². The van der Waals surface area contributed by atoms with Gasteiger partial charge in [0.1, 0.15) is 5.69 Å². The molecule has 2 N–H and O–H groups in total. The van der Waals surface area contributed by atoms with Crippen molar-refractivity contribution in [2.45, 2.75) is 18.7 Å². The molecule has 0 amide bonds. The van der Waals surface area contributed by atoms with E-state index in [9.17, 15) is 13.6 Å². The molecule has 0 aliphatic heterocycles. The molecule has 6 heteroatoms. The number of sulfonamides is 1. The summed E-state index contributed by atoms with van der Waals surface area (Å²) >= 11 is 0. The van der Waals surface area contributed by atoms with Gasteiger partial charge >= 0.3 is 0 Å². The summed E-state index contributed by atoms with van der Waals surface area (Å²) in [5.41, 5.74) is 2.59. The molecule has 3 rings (SSSR count). The highest BCUT2D eigenvalue weighted by Gasteiger charge is 2.20. The number of rotatable bonds is 3. The predicted octanol–water partition coefficient (Wildman–Crippen LogP) is 2.78. The largest absolute Gasteiger partial charge is 0.288 e. The molecule has 0 aliphatic carbocycles. The molecule has 1 aromatic heterocycles. The number of hydrogen-bond acceptors (Lipinski definition) is 3. The molecule has 0 radical (unpaired) electrons. The van der Waals surface area contributed by atoms with Crippen LogP contribution in [0.3, 0.4) is 0 Å². The summed E-state index contributed by atoms with van der Waals surface area (Å²) < 4.78 is 28.6. The van der Waals surface area contributed by atoms with Gasteiger partial charge in [0.15, 0.2) is 0 Å². The molecule has 23 heavy (non-hydrogen) atoms. The lowest BCUT2D eigenvalue weighted by Crippen LogP contribution is -2.32. The van der Waals surface area contributed by atoms with Crippen LogP contribution in [-0.2, 0) is 10.0 Å². The van der Waals surface area contributed by atoms with E-state index in [-0.39, 0.29) is 4.90 Å². The molecule has 5 nitrogen and oxygen atoms in total. The SMILES string of the molecule is Cc1ccc(S(=O)(=O)Nc2cccc3cc(C)c[n+](O)c23)cc1. The van der Waals surface area contributed by atoms with Crippen molar-refractivity contribution < 1.29 is 18.4 Å². The van der Waals surface area contributed by atoms with E-state index in [0.29, 0.717) is 11.2 Å². The van der Waals surface area contributed by atoms with Crippen molar-refractivity contribution in [3.05, 3.63) is 65.9 Å². The summed E-state index contributed by atoms with van der Waals surface area (Å²) in [6, 6.07) is 13.7. The van der Waals surface area contributed by atoms with Crippen molar-refractivity contribution in [2.75, 3.05) is 4.72 Å². The van der Waals surface area contributed by atoms with Gasteiger partial charge in [0.25, 0.3) is 15.5 Å². The normalized spacial score (nSPS) is 11.6. The highest BCUT2D eigenvalue weighted by Crippen LogP contribution is 2.23. The fourth-order valence-electron chi connectivity index (χ4n) is 2.48. The number of aromatic nitrogens is 1. The van der Waals surface area contributed by atoms with Crippen LogP contribution < -0.4 is 9.45 Å². The molecule has 0 spiro atoms. The number of benzene rings is 2. The number of nitrogens with zero attached hydrogens (tertiary/aromatic N) is 1. The lowest BCUT2D eigenvalue weighted by atomic mass is 10.1. The third kappa shape index (κ3) is 2.98. The molecule has 0 saturated carbocycles. The fourth-order valence-corrected chi connectivity index (χ4v) is 3.54. The van der Waals surface area contributed by atoms with Crippen LogP contribution in [0.4, 0.5) is 5.69 Å². The Balaban J connectivity index is 2.09. The van der Waals surface area contributed by atoms with Gasteiger partial charge in [-0.25, -0.2) is 8.42 Å². The maximum atomic E-state index is 12.5. The minimum atomic E-state index is -3.72. The molecule has 0 saturated heterocycles. The summed E-state index contributed by atoms with van der Waals surface area (Å²) in [6.45, 7) is 3.75. The van der Waals surface area contributed by atoms with E-state index < -0.39 is 10.0 Å². The number of hydrogen-bond donors (Lipinski definition) is 2. The topological polar surface area (TPSA) is 70.3 Å². The molecular weight excluding hydrogens is 312 g/mol. The smallest absolute Gasteiger partial charge is 0.284 e. The number of fused-ring (bicyclic) bond motifs is 1. The van der Waals surface area contributed by atoms with Crippen LogP contribution in [0.15, 0.2) is 59.6 Å². The Labute approximate surface area is 134 Å². The first-order valence-corrected chi connectivity index (χ1v) is 8.59. The first kappa shape index (κ1) is 15.3. The van der Waals surface area contributed by atoms with Gasteiger partial charge in [0, 0.05) is 10.3 Å². The quantitative estimate of drug-likeness (QED) is 0.573.